The molecule has 1 unspecified atom stereocenters. The normalized spacial score (nSPS) is 17.1. The van der Waals surface area contributed by atoms with Gasteiger partial charge in [0.25, 0.3) is 0 Å². The SMILES string of the molecule is COC(=O)C1=Cc2ccccc2C(c2ccccc2)C1. The van der Waals surface area contributed by atoms with Gasteiger partial charge in [-0.25, -0.2) is 4.79 Å². The van der Waals surface area contributed by atoms with Crippen LogP contribution in [0.2, 0.25) is 0 Å². The Balaban J connectivity index is 2.09. The van der Waals surface area contributed by atoms with E-state index in [1.807, 2.05) is 42.5 Å². The maximum absolute atomic E-state index is 11.9. The number of carbonyl (C=O) groups excluding carboxylic acids is 1. The van der Waals surface area contributed by atoms with Gasteiger partial charge in [0.1, 0.15) is 0 Å². The van der Waals surface area contributed by atoms with E-state index in [-0.39, 0.29) is 11.9 Å². The van der Waals surface area contributed by atoms with Crippen molar-refractivity contribution in [2.45, 2.75) is 12.3 Å². The summed E-state index contributed by atoms with van der Waals surface area (Å²) in [7, 11) is 1.43. The van der Waals surface area contributed by atoms with E-state index in [9.17, 15) is 4.79 Å². The fourth-order valence-corrected chi connectivity index (χ4v) is 2.79. The predicted molar refractivity (Wildman–Crippen MR) is 79.3 cm³/mol. The third-order valence-corrected chi connectivity index (χ3v) is 3.77. The highest BCUT2D eigenvalue weighted by Crippen LogP contribution is 2.38. The van der Waals surface area contributed by atoms with Crippen LogP contribution < -0.4 is 0 Å². The van der Waals surface area contributed by atoms with Gasteiger partial charge in [0.2, 0.25) is 0 Å². The second-order valence-electron chi connectivity index (χ2n) is 4.96. The fourth-order valence-electron chi connectivity index (χ4n) is 2.79. The summed E-state index contributed by atoms with van der Waals surface area (Å²) in [6.07, 6.45) is 2.63. The highest BCUT2D eigenvalue weighted by atomic mass is 16.5. The van der Waals surface area contributed by atoms with Gasteiger partial charge in [-0.05, 0) is 29.2 Å². The summed E-state index contributed by atoms with van der Waals surface area (Å²) >= 11 is 0. The van der Waals surface area contributed by atoms with Crippen LogP contribution in [-0.2, 0) is 9.53 Å². The number of esters is 1. The summed E-state index contributed by atoms with van der Waals surface area (Å²) in [6.45, 7) is 0. The number of rotatable bonds is 2. The van der Waals surface area contributed by atoms with E-state index in [4.69, 9.17) is 4.74 Å². The van der Waals surface area contributed by atoms with Gasteiger partial charge >= 0.3 is 5.97 Å². The first-order chi connectivity index (χ1) is 9.79. The van der Waals surface area contributed by atoms with Crippen LogP contribution in [0.3, 0.4) is 0 Å². The smallest absolute Gasteiger partial charge is 0.333 e. The molecule has 1 aliphatic carbocycles. The van der Waals surface area contributed by atoms with Crippen LogP contribution in [0.4, 0.5) is 0 Å². The molecule has 2 aromatic carbocycles. The number of fused-ring (bicyclic) bond motifs is 1. The topological polar surface area (TPSA) is 26.3 Å². The Labute approximate surface area is 118 Å². The summed E-state index contributed by atoms with van der Waals surface area (Å²) in [4.78, 5) is 11.9. The number of methoxy groups -OCH3 is 1. The van der Waals surface area contributed by atoms with Crippen molar-refractivity contribution >= 4 is 12.0 Å². The summed E-state index contributed by atoms with van der Waals surface area (Å²) in [5, 5.41) is 0. The molecule has 1 atom stereocenters. The van der Waals surface area contributed by atoms with Gasteiger partial charge in [-0.15, -0.1) is 0 Å². The van der Waals surface area contributed by atoms with E-state index < -0.39 is 0 Å². The zero-order chi connectivity index (χ0) is 13.9. The lowest BCUT2D eigenvalue weighted by atomic mass is 9.79. The first kappa shape index (κ1) is 12.7. The van der Waals surface area contributed by atoms with Gasteiger partial charge in [0.15, 0.2) is 0 Å². The molecule has 20 heavy (non-hydrogen) atoms. The van der Waals surface area contributed by atoms with E-state index in [0.29, 0.717) is 6.42 Å². The van der Waals surface area contributed by atoms with Crippen molar-refractivity contribution in [3.05, 3.63) is 76.9 Å². The van der Waals surface area contributed by atoms with E-state index in [1.165, 1.54) is 18.2 Å². The molecule has 0 aliphatic heterocycles. The third kappa shape index (κ3) is 2.25. The molecule has 0 bridgehead atoms. The lowest BCUT2D eigenvalue weighted by molar-refractivity contribution is -0.136. The van der Waals surface area contributed by atoms with Crippen molar-refractivity contribution in [3.8, 4) is 0 Å². The molecule has 100 valence electrons. The number of hydrogen-bond donors (Lipinski definition) is 0. The van der Waals surface area contributed by atoms with Crippen LogP contribution in [-0.4, -0.2) is 13.1 Å². The molecule has 0 fully saturated rings. The summed E-state index contributed by atoms with van der Waals surface area (Å²) in [6, 6.07) is 18.5. The Kier molecular flexibility index (Phi) is 3.38. The van der Waals surface area contributed by atoms with Crippen LogP contribution in [0.5, 0.6) is 0 Å². The van der Waals surface area contributed by atoms with Crippen molar-refractivity contribution in [1.82, 2.24) is 0 Å². The molecule has 0 spiro atoms. The number of ether oxygens (including phenoxy) is 1. The highest BCUT2D eigenvalue weighted by molar-refractivity contribution is 5.95. The van der Waals surface area contributed by atoms with E-state index in [2.05, 4.69) is 18.2 Å². The van der Waals surface area contributed by atoms with Gasteiger partial charge in [0.05, 0.1) is 7.11 Å². The molecule has 0 aromatic heterocycles. The number of benzene rings is 2. The Bertz CT molecular complexity index is 656. The van der Waals surface area contributed by atoms with Crippen LogP contribution in [0.1, 0.15) is 29.0 Å². The lowest BCUT2D eigenvalue weighted by Gasteiger charge is -2.25. The largest absolute Gasteiger partial charge is 0.466 e. The van der Waals surface area contributed by atoms with E-state index >= 15 is 0 Å². The molecule has 2 aromatic rings. The van der Waals surface area contributed by atoms with Crippen molar-refractivity contribution in [2.24, 2.45) is 0 Å². The predicted octanol–water partition coefficient (Wildman–Crippen LogP) is 3.78. The molecule has 0 saturated carbocycles. The maximum Gasteiger partial charge on any atom is 0.333 e. The first-order valence-corrected chi connectivity index (χ1v) is 6.72. The third-order valence-electron chi connectivity index (χ3n) is 3.77. The Morgan fingerprint density at radius 2 is 1.75 bits per heavy atom. The van der Waals surface area contributed by atoms with Gasteiger partial charge in [0, 0.05) is 11.5 Å². The molecular weight excluding hydrogens is 248 g/mol. The highest BCUT2D eigenvalue weighted by Gasteiger charge is 2.25. The Morgan fingerprint density at radius 1 is 1.05 bits per heavy atom. The zero-order valence-electron chi connectivity index (χ0n) is 11.4. The summed E-state index contributed by atoms with van der Waals surface area (Å²) in [5.41, 5.74) is 4.34. The molecule has 0 N–H and O–H groups in total. The average molecular weight is 264 g/mol. The molecule has 0 saturated heterocycles. The van der Waals surface area contributed by atoms with Crippen molar-refractivity contribution in [1.29, 1.82) is 0 Å². The van der Waals surface area contributed by atoms with Crippen molar-refractivity contribution < 1.29 is 9.53 Å². The quantitative estimate of drug-likeness (QED) is 0.772. The minimum Gasteiger partial charge on any atom is -0.466 e. The fraction of sp³-hybridized carbons (Fsp3) is 0.167. The Morgan fingerprint density at radius 3 is 2.50 bits per heavy atom. The monoisotopic (exact) mass is 264 g/mol. The standard InChI is InChI=1S/C18H16O2/c1-20-18(19)15-11-14-9-5-6-10-16(14)17(12-15)13-7-3-2-4-8-13/h2-11,17H,12H2,1H3. The molecule has 2 nitrogen and oxygen atoms in total. The van der Waals surface area contributed by atoms with Gasteiger partial charge in [-0.2, -0.15) is 0 Å². The van der Waals surface area contributed by atoms with Crippen molar-refractivity contribution in [3.63, 3.8) is 0 Å². The van der Waals surface area contributed by atoms with Gasteiger partial charge in [-0.1, -0.05) is 54.6 Å². The second kappa shape index (κ2) is 5.33. The minimum absolute atomic E-state index is 0.214. The average Bonchev–Trinajstić information content (AvgIpc) is 2.54. The van der Waals surface area contributed by atoms with Crippen molar-refractivity contribution in [2.75, 3.05) is 7.11 Å². The lowest BCUT2D eigenvalue weighted by Crippen LogP contribution is -2.15. The Hall–Kier alpha value is -2.35. The molecular formula is C18H16O2. The molecule has 3 rings (SSSR count). The molecule has 1 aliphatic rings. The zero-order valence-corrected chi connectivity index (χ0v) is 11.4. The summed E-state index contributed by atoms with van der Waals surface area (Å²) in [5.74, 6) is -0.0214. The minimum atomic E-state index is -0.236. The summed E-state index contributed by atoms with van der Waals surface area (Å²) < 4.78 is 4.88. The van der Waals surface area contributed by atoms with Crippen LogP contribution in [0.25, 0.3) is 6.08 Å². The first-order valence-electron chi connectivity index (χ1n) is 6.72. The number of carbonyl (C=O) groups is 1. The molecule has 2 heteroatoms. The van der Waals surface area contributed by atoms with Gasteiger partial charge < -0.3 is 4.74 Å². The number of hydrogen-bond acceptors (Lipinski definition) is 2. The second-order valence-corrected chi connectivity index (χ2v) is 4.96. The van der Waals surface area contributed by atoms with Gasteiger partial charge in [-0.3, -0.25) is 0 Å². The van der Waals surface area contributed by atoms with Crippen LogP contribution in [0, 0.1) is 0 Å². The van der Waals surface area contributed by atoms with E-state index in [1.54, 1.807) is 0 Å². The van der Waals surface area contributed by atoms with Crippen LogP contribution >= 0.6 is 0 Å². The van der Waals surface area contributed by atoms with E-state index in [0.717, 1.165) is 11.1 Å². The van der Waals surface area contributed by atoms with Crippen LogP contribution in [0.15, 0.2) is 60.2 Å². The molecule has 0 amide bonds. The molecule has 0 heterocycles. The molecule has 0 radical (unpaired) electrons. The maximum atomic E-state index is 11.9.